The van der Waals surface area contributed by atoms with Gasteiger partial charge in [0.1, 0.15) is 5.51 Å². The Morgan fingerprint density at radius 3 is 2.84 bits per heavy atom. The number of carbonyl (C=O) groups excluding carboxylic acids is 1. The minimum absolute atomic E-state index is 0.0212. The van der Waals surface area contributed by atoms with E-state index in [4.69, 9.17) is 0 Å². The molecular weight excluding hydrogens is 278 g/mol. The Balaban J connectivity index is 2.00. The predicted octanol–water partition coefficient (Wildman–Crippen LogP) is 3.27. The topological polar surface area (TPSA) is 54.9 Å². The molecule has 1 heterocycles. The molecule has 1 amide bonds. The van der Waals surface area contributed by atoms with E-state index in [2.05, 4.69) is 21.6 Å². The summed E-state index contributed by atoms with van der Waals surface area (Å²) in [4.78, 5) is 12.1. The number of hydrogen-bond acceptors (Lipinski definition) is 5. The van der Waals surface area contributed by atoms with E-state index in [1.807, 2.05) is 32.9 Å². The van der Waals surface area contributed by atoms with Crippen LogP contribution < -0.4 is 5.32 Å². The fourth-order valence-electron chi connectivity index (χ4n) is 1.61. The van der Waals surface area contributed by atoms with Crippen LogP contribution in [0, 0.1) is 13.8 Å². The highest BCUT2D eigenvalue weighted by molar-refractivity contribution is 8.02. The van der Waals surface area contributed by atoms with Crippen molar-refractivity contribution in [3.05, 3.63) is 34.8 Å². The molecule has 0 radical (unpaired) electrons. The van der Waals surface area contributed by atoms with Crippen LogP contribution in [0.25, 0.3) is 0 Å². The number of nitrogens with one attached hydrogen (secondary N) is 1. The Morgan fingerprint density at radius 2 is 2.21 bits per heavy atom. The van der Waals surface area contributed by atoms with Gasteiger partial charge in [-0.2, -0.15) is 0 Å². The molecule has 100 valence electrons. The molecule has 1 aromatic carbocycles. The summed E-state index contributed by atoms with van der Waals surface area (Å²) in [5.41, 5.74) is 4.78. The van der Waals surface area contributed by atoms with E-state index < -0.39 is 0 Å². The number of benzene rings is 1. The van der Waals surface area contributed by atoms with Gasteiger partial charge in [0.2, 0.25) is 5.91 Å². The third kappa shape index (κ3) is 3.78. The molecule has 0 aliphatic heterocycles. The van der Waals surface area contributed by atoms with Crippen molar-refractivity contribution < 1.29 is 4.79 Å². The smallest absolute Gasteiger partial charge is 0.237 e. The number of anilines is 1. The summed E-state index contributed by atoms with van der Waals surface area (Å²) in [7, 11) is 0. The normalized spacial score (nSPS) is 12.2. The van der Waals surface area contributed by atoms with E-state index in [9.17, 15) is 4.79 Å². The molecule has 0 saturated heterocycles. The minimum Gasteiger partial charge on any atom is -0.325 e. The summed E-state index contributed by atoms with van der Waals surface area (Å²) in [5, 5.41) is 10.4. The second kappa shape index (κ2) is 6.16. The van der Waals surface area contributed by atoms with Gasteiger partial charge in [-0.15, -0.1) is 10.2 Å². The molecule has 0 bridgehead atoms. The van der Waals surface area contributed by atoms with Gasteiger partial charge in [0.05, 0.1) is 5.25 Å². The first-order chi connectivity index (χ1) is 9.06. The largest absolute Gasteiger partial charge is 0.325 e. The number of rotatable bonds is 4. The maximum Gasteiger partial charge on any atom is 0.237 e. The van der Waals surface area contributed by atoms with E-state index in [-0.39, 0.29) is 11.2 Å². The first kappa shape index (κ1) is 14.0. The second-order valence-corrected chi connectivity index (χ2v) is 6.69. The van der Waals surface area contributed by atoms with Crippen LogP contribution in [0.2, 0.25) is 0 Å². The maximum absolute atomic E-state index is 12.1. The molecule has 6 heteroatoms. The van der Waals surface area contributed by atoms with Crippen molar-refractivity contribution in [2.24, 2.45) is 0 Å². The molecule has 0 saturated carbocycles. The van der Waals surface area contributed by atoms with Gasteiger partial charge in [0, 0.05) is 5.69 Å². The Bertz CT molecular complexity index is 569. The molecule has 1 N–H and O–H groups in total. The number of aromatic nitrogens is 2. The van der Waals surface area contributed by atoms with E-state index >= 15 is 0 Å². The molecule has 19 heavy (non-hydrogen) atoms. The lowest BCUT2D eigenvalue weighted by molar-refractivity contribution is -0.115. The summed E-state index contributed by atoms with van der Waals surface area (Å²) in [6, 6.07) is 5.98. The third-order valence-corrected chi connectivity index (χ3v) is 4.54. The summed E-state index contributed by atoms with van der Waals surface area (Å²) >= 11 is 2.86. The average Bonchev–Trinajstić information content (AvgIpc) is 2.85. The number of thioether (sulfide) groups is 1. The van der Waals surface area contributed by atoms with E-state index in [0.29, 0.717) is 0 Å². The fourth-order valence-corrected chi connectivity index (χ4v) is 3.23. The zero-order valence-corrected chi connectivity index (χ0v) is 12.6. The number of carbonyl (C=O) groups is 1. The van der Waals surface area contributed by atoms with Crippen LogP contribution in [0.15, 0.2) is 28.0 Å². The quantitative estimate of drug-likeness (QED) is 0.879. The molecule has 1 atom stereocenters. The van der Waals surface area contributed by atoms with Crippen molar-refractivity contribution in [2.45, 2.75) is 30.4 Å². The van der Waals surface area contributed by atoms with Crippen molar-refractivity contribution in [1.29, 1.82) is 0 Å². The van der Waals surface area contributed by atoms with Gasteiger partial charge in [-0.3, -0.25) is 4.79 Å². The highest BCUT2D eigenvalue weighted by Crippen LogP contribution is 2.25. The molecular formula is C13H15N3OS2. The van der Waals surface area contributed by atoms with Gasteiger partial charge in [-0.1, -0.05) is 40.8 Å². The van der Waals surface area contributed by atoms with Crippen LogP contribution in [-0.4, -0.2) is 21.4 Å². The lowest BCUT2D eigenvalue weighted by atomic mass is 10.1. The molecule has 2 aromatic rings. The number of aryl methyl sites for hydroxylation is 2. The van der Waals surface area contributed by atoms with Crippen LogP contribution in [0.1, 0.15) is 18.1 Å². The second-order valence-electron chi connectivity index (χ2n) is 4.27. The number of nitrogens with zero attached hydrogens (tertiary/aromatic N) is 2. The highest BCUT2D eigenvalue weighted by atomic mass is 32.2. The lowest BCUT2D eigenvalue weighted by Gasteiger charge is -2.12. The fraction of sp³-hybridized carbons (Fsp3) is 0.308. The van der Waals surface area contributed by atoms with Crippen molar-refractivity contribution in [2.75, 3.05) is 5.32 Å². The number of hydrogen-bond donors (Lipinski definition) is 1. The molecule has 0 fully saturated rings. The van der Waals surface area contributed by atoms with E-state index in [1.54, 1.807) is 5.51 Å². The summed E-state index contributed by atoms with van der Waals surface area (Å²) in [5.74, 6) is -0.0212. The van der Waals surface area contributed by atoms with Gasteiger partial charge in [-0.25, -0.2) is 0 Å². The monoisotopic (exact) mass is 293 g/mol. The lowest BCUT2D eigenvalue weighted by Crippen LogP contribution is -2.22. The minimum atomic E-state index is -0.200. The maximum atomic E-state index is 12.1. The molecule has 0 aliphatic carbocycles. The summed E-state index contributed by atoms with van der Waals surface area (Å²) in [6.45, 7) is 5.89. The Labute approximate surface area is 120 Å². The zero-order chi connectivity index (χ0) is 13.8. The first-order valence-electron chi connectivity index (χ1n) is 5.87. The summed E-state index contributed by atoms with van der Waals surface area (Å²) < 4.78 is 0.809. The van der Waals surface area contributed by atoms with Gasteiger partial charge in [0.15, 0.2) is 4.34 Å². The van der Waals surface area contributed by atoms with Crippen LogP contribution >= 0.6 is 23.1 Å². The first-order valence-corrected chi connectivity index (χ1v) is 7.63. The Hall–Kier alpha value is -1.40. The van der Waals surface area contributed by atoms with E-state index in [1.165, 1.54) is 28.7 Å². The molecule has 0 spiro atoms. The third-order valence-electron chi connectivity index (χ3n) is 2.63. The van der Waals surface area contributed by atoms with Crippen molar-refractivity contribution in [1.82, 2.24) is 10.2 Å². The van der Waals surface area contributed by atoms with E-state index in [0.717, 1.165) is 15.6 Å². The van der Waals surface area contributed by atoms with Crippen LogP contribution in [-0.2, 0) is 4.79 Å². The average molecular weight is 293 g/mol. The highest BCUT2D eigenvalue weighted by Gasteiger charge is 2.16. The molecule has 2 rings (SSSR count). The zero-order valence-electron chi connectivity index (χ0n) is 11.0. The van der Waals surface area contributed by atoms with Gasteiger partial charge in [0.25, 0.3) is 0 Å². The van der Waals surface area contributed by atoms with Crippen LogP contribution in [0.4, 0.5) is 5.69 Å². The molecule has 0 aliphatic rings. The standard InChI is InChI=1S/C13H15N3OS2/c1-8-4-5-11(9(2)6-8)15-12(17)10(3)19-13-16-14-7-18-13/h4-7,10H,1-3H3,(H,15,17)/t10-/m1/s1. The Kier molecular flexibility index (Phi) is 4.55. The van der Waals surface area contributed by atoms with Gasteiger partial charge >= 0.3 is 0 Å². The van der Waals surface area contributed by atoms with Crippen molar-refractivity contribution >= 4 is 34.7 Å². The van der Waals surface area contributed by atoms with Crippen molar-refractivity contribution in [3.8, 4) is 0 Å². The Morgan fingerprint density at radius 1 is 1.42 bits per heavy atom. The summed E-state index contributed by atoms with van der Waals surface area (Å²) in [6.07, 6.45) is 0. The van der Waals surface area contributed by atoms with Crippen molar-refractivity contribution in [3.63, 3.8) is 0 Å². The molecule has 0 unspecified atom stereocenters. The number of amides is 1. The molecule has 1 aromatic heterocycles. The SMILES string of the molecule is Cc1ccc(NC(=O)[C@@H](C)Sc2nncs2)c(C)c1. The molecule has 4 nitrogen and oxygen atoms in total. The predicted molar refractivity (Wildman–Crippen MR) is 79.8 cm³/mol. The van der Waals surface area contributed by atoms with Gasteiger partial charge in [-0.05, 0) is 32.4 Å². The van der Waals surface area contributed by atoms with Crippen LogP contribution in [0.3, 0.4) is 0 Å². The van der Waals surface area contributed by atoms with Gasteiger partial charge < -0.3 is 5.32 Å². The van der Waals surface area contributed by atoms with Crippen LogP contribution in [0.5, 0.6) is 0 Å².